The highest BCUT2D eigenvalue weighted by Crippen LogP contribution is 2.33. The molecule has 0 radical (unpaired) electrons. The van der Waals surface area contributed by atoms with Crippen molar-refractivity contribution in [3.8, 4) is 0 Å². The fraction of sp³-hybridized carbons (Fsp3) is 0.538. The molecule has 1 fully saturated rings. The molecule has 0 spiro atoms. The summed E-state index contributed by atoms with van der Waals surface area (Å²) in [5.74, 6) is -0.433. The number of hydrogen-bond donors (Lipinski definition) is 0. The lowest BCUT2D eigenvalue weighted by atomic mass is 9.98. The van der Waals surface area contributed by atoms with E-state index >= 15 is 0 Å². The summed E-state index contributed by atoms with van der Waals surface area (Å²) in [4.78, 5) is 26.0. The van der Waals surface area contributed by atoms with Gasteiger partial charge >= 0.3 is 5.97 Å². The average molecular weight is 425 g/mol. The van der Waals surface area contributed by atoms with Crippen LogP contribution < -0.4 is 0 Å². The summed E-state index contributed by atoms with van der Waals surface area (Å²) in [5, 5.41) is 0. The molecule has 1 aliphatic heterocycles. The first-order chi connectivity index (χ1) is 9.52. The topological polar surface area (TPSA) is 46.6 Å². The van der Waals surface area contributed by atoms with Crippen LogP contribution in [0.1, 0.15) is 30.1 Å². The molecule has 1 saturated heterocycles. The van der Waals surface area contributed by atoms with E-state index in [9.17, 15) is 9.59 Å². The van der Waals surface area contributed by atoms with Gasteiger partial charge in [0.15, 0.2) is 0 Å². The molecule has 0 N–H and O–H groups in total. The van der Waals surface area contributed by atoms with E-state index in [1.807, 2.05) is 6.07 Å². The highest BCUT2D eigenvalue weighted by Gasteiger charge is 2.30. The molecule has 4 nitrogen and oxygen atoms in total. The van der Waals surface area contributed by atoms with Gasteiger partial charge in [0.2, 0.25) is 0 Å². The monoisotopic (exact) mass is 423 g/mol. The first-order valence-electron chi connectivity index (χ1n) is 6.43. The molecular formula is C13H15Br2NO3S. The lowest BCUT2D eigenvalue weighted by molar-refractivity contribution is -0.149. The molecular weight excluding hydrogens is 410 g/mol. The maximum Gasteiger partial charge on any atom is 0.310 e. The molecule has 1 aromatic rings. The Morgan fingerprint density at radius 1 is 1.50 bits per heavy atom. The van der Waals surface area contributed by atoms with Crippen molar-refractivity contribution in [2.24, 2.45) is 5.92 Å². The Kier molecular flexibility index (Phi) is 5.63. The fourth-order valence-corrected chi connectivity index (χ4v) is 5.05. The quantitative estimate of drug-likeness (QED) is 0.695. The minimum Gasteiger partial charge on any atom is -0.466 e. The van der Waals surface area contributed by atoms with Gasteiger partial charge in [-0.1, -0.05) is 0 Å². The van der Waals surface area contributed by atoms with Crippen molar-refractivity contribution in [3.05, 3.63) is 19.2 Å². The highest BCUT2D eigenvalue weighted by atomic mass is 79.9. The number of carbonyl (C=O) groups is 2. The maximum atomic E-state index is 12.5. The SMILES string of the molecule is CCOC(=O)[C@@H]1CCCN(C(=O)c2cc(Br)sc2Br)C1. The molecule has 0 unspecified atom stereocenters. The zero-order valence-electron chi connectivity index (χ0n) is 11.0. The number of esters is 1. The third-order valence-corrected chi connectivity index (χ3v) is 5.55. The standard InChI is InChI=1S/C13H15Br2NO3S/c1-2-19-13(18)8-4-3-5-16(7-8)12(17)9-6-10(14)20-11(9)15/h6,8H,2-5,7H2,1H3/t8-/m1/s1. The maximum absolute atomic E-state index is 12.5. The summed E-state index contributed by atoms with van der Waals surface area (Å²) in [6.45, 7) is 3.31. The number of piperidine rings is 1. The van der Waals surface area contributed by atoms with Gasteiger partial charge in [0.25, 0.3) is 5.91 Å². The number of thiophene rings is 1. The van der Waals surface area contributed by atoms with Crippen LogP contribution in [0.25, 0.3) is 0 Å². The van der Waals surface area contributed by atoms with Gasteiger partial charge in [-0.2, -0.15) is 0 Å². The van der Waals surface area contributed by atoms with Crippen molar-refractivity contribution < 1.29 is 14.3 Å². The van der Waals surface area contributed by atoms with Crippen molar-refractivity contribution >= 4 is 55.1 Å². The summed E-state index contributed by atoms with van der Waals surface area (Å²) < 4.78 is 6.77. The van der Waals surface area contributed by atoms with Crippen LogP contribution in [0.5, 0.6) is 0 Å². The second-order valence-electron chi connectivity index (χ2n) is 4.58. The van der Waals surface area contributed by atoms with Gasteiger partial charge in [-0.25, -0.2) is 0 Å². The number of amides is 1. The van der Waals surface area contributed by atoms with Crippen molar-refractivity contribution in [1.29, 1.82) is 0 Å². The summed E-state index contributed by atoms with van der Waals surface area (Å²) in [7, 11) is 0. The summed E-state index contributed by atoms with van der Waals surface area (Å²) >= 11 is 8.25. The molecule has 1 aromatic heterocycles. The predicted octanol–water partition coefficient (Wildman–Crippen LogP) is 3.69. The zero-order chi connectivity index (χ0) is 14.7. The second kappa shape index (κ2) is 7.04. The molecule has 0 aromatic carbocycles. The largest absolute Gasteiger partial charge is 0.466 e. The molecule has 7 heteroatoms. The van der Waals surface area contributed by atoms with Gasteiger partial charge in [-0.15, -0.1) is 11.3 Å². The molecule has 2 heterocycles. The van der Waals surface area contributed by atoms with Crippen LogP contribution in [-0.4, -0.2) is 36.5 Å². The molecule has 1 atom stereocenters. The van der Waals surface area contributed by atoms with Crippen molar-refractivity contribution in [2.45, 2.75) is 19.8 Å². The van der Waals surface area contributed by atoms with E-state index in [1.54, 1.807) is 11.8 Å². The minimum absolute atomic E-state index is 0.0344. The van der Waals surface area contributed by atoms with Crippen molar-refractivity contribution in [2.75, 3.05) is 19.7 Å². The first-order valence-corrected chi connectivity index (χ1v) is 8.84. The normalized spacial score (nSPS) is 18.9. The highest BCUT2D eigenvalue weighted by molar-refractivity contribution is 9.12. The lowest BCUT2D eigenvalue weighted by Gasteiger charge is -2.31. The van der Waals surface area contributed by atoms with E-state index in [1.165, 1.54) is 11.3 Å². The molecule has 2 rings (SSSR count). The van der Waals surface area contributed by atoms with Gasteiger partial charge < -0.3 is 9.64 Å². The van der Waals surface area contributed by atoms with Crippen LogP contribution in [-0.2, 0) is 9.53 Å². The second-order valence-corrected chi connectivity index (χ2v) is 8.33. The number of hydrogen-bond acceptors (Lipinski definition) is 4. The average Bonchev–Trinajstić information content (AvgIpc) is 2.77. The Bertz CT molecular complexity index is 518. The number of halogens is 2. The third-order valence-electron chi connectivity index (χ3n) is 3.22. The van der Waals surface area contributed by atoms with E-state index in [2.05, 4.69) is 31.9 Å². The van der Waals surface area contributed by atoms with Crippen LogP contribution in [0.4, 0.5) is 0 Å². The third kappa shape index (κ3) is 3.62. The number of carbonyl (C=O) groups excluding carboxylic acids is 2. The summed E-state index contributed by atoms with van der Waals surface area (Å²) in [6, 6.07) is 1.81. The molecule has 0 bridgehead atoms. The minimum atomic E-state index is -0.200. The molecule has 110 valence electrons. The van der Waals surface area contributed by atoms with Gasteiger partial charge in [0, 0.05) is 13.1 Å². The molecule has 20 heavy (non-hydrogen) atoms. The van der Waals surface area contributed by atoms with E-state index in [0.717, 1.165) is 20.4 Å². The van der Waals surface area contributed by atoms with Crippen LogP contribution in [0.3, 0.4) is 0 Å². The van der Waals surface area contributed by atoms with Crippen molar-refractivity contribution in [3.63, 3.8) is 0 Å². The van der Waals surface area contributed by atoms with Crippen LogP contribution in [0.2, 0.25) is 0 Å². The Morgan fingerprint density at radius 2 is 2.25 bits per heavy atom. The van der Waals surface area contributed by atoms with E-state index in [4.69, 9.17) is 4.74 Å². The number of likely N-dealkylation sites (tertiary alicyclic amines) is 1. The molecule has 1 aliphatic rings. The van der Waals surface area contributed by atoms with Gasteiger partial charge in [0.05, 0.1) is 25.7 Å². The number of rotatable bonds is 3. The smallest absolute Gasteiger partial charge is 0.310 e. The van der Waals surface area contributed by atoms with E-state index < -0.39 is 0 Å². The van der Waals surface area contributed by atoms with Crippen LogP contribution in [0.15, 0.2) is 13.6 Å². The Hall–Kier alpha value is -0.400. The Labute approximate surface area is 138 Å². The lowest BCUT2D eigenvalue weighted by Crippen LogP contribution is -2.42. The van der Waals surface area contributed by atoms with Gasteiger partial charge in [-0.3, -0.25) is 9.59 Å². The molecule has 1 amide bonds. The summed E-state index contributed by atoms with van der Waals surface area (Å²) in [6.07, 6.45) is 1.62. The van der Waals surface area contributed by atoms with Gasteiger partial charge in [0.1, 0.15) is 0 Å². The number of nitrogens with zero attached hydrogens (tertiary/aromatic N) is 1. The van der Waals surface area contributed by atoms with E-state index in [0.29, 0.717) is 25.3 Å². The Morgan fingerprint density at radius 3 is 2.85 bits per heavy atom. The predicted molar refractivity (Wildman–Crippen MR) is 85.0 cm³/mol. The molecule has 0 saturated carbocycles. The first kappa shape index (κ1) is 16.0. The molecule has 0 aliphatic carbocycles. The van der Waals surface area contributed by atoms with E-state index in [-0.39, 0.29) is 17.8 Å². The van der Waals surface area contributed by atoms with Crippen molar-refractivity contribution in [1.82, 2.24) is 4.90 Å². The number of ether oxygens (including phenoxy) is 1. The fourth-order valence-electron chi connectivity index (χ4n) is 2.27. The van der Waals surface area contributed by atoms with Crippen LogP contribution in [0, 0.1) is 5.92 Å². The van der Waals surface area contributed by atoms with Crippen LogP contribution >= 0.6 is 43.2 Å². The van der Waals surface area contributed by atoms with Gasteiger partial charge in [-0.05, 0) is 57.7 Å². The Balaban J connectivity index is 2.07. The zero-order valence-corrected chi connectivity index (χ0v) is 15.0. The summed E-state index contributed by atoms with van der Waals surface area (Å²) in [5.41, 5.74) is 0.645.